The van der Waals surface area contributed by atoms with Crippen LogP contribution < -0.4 is 16.0 Å². The van der Waals surface area contributed by atoms with E-state index in [1.807, 2.05) is 0 Å². The molecule has 2 aliphatic carbocycles. The fourth-order valence-corrected chi connectivity index (χ4v) is 10.5. The van der Waals surface area contributed by atoms with Crippen LogP contribution in [0.4, 0.5) is 40.3 Å². The number of thiazole rings is 1. The number of nitrogens with one attached hydrogen (secondary N) is 1. The Bertz CT molecular complexity index is 2550. The van der Waals surface area contributed by atoms with Gasteiger partial charge in [0.15, 0.2) is 16.5 Å². The Balaban J connectivity index is 1.14. The first-order valence-corrected chi connectivity index (χ1v) is 20.5. The number of aromatic nitrogens is 4. The molecule has 5 aromatic rings. The number of primary amides is 1. The van der Waals surface area contributed by atoms with Crippen molar-refractivity contribution in [3.05, 3.63) is 93.7 Å². The molecule has 61 heavy (non-hydrogen) atoms. The first kappa shape index (κ1) is 41.2. The summed E-state index contributed by atoms with van der Waals surface area (Å²) in [5, 5.41) is 6.77. The predicted octanol–water partition coefficient (Wildman–Crippen LogP) is 7.09. The highest BCUT2D eigenvalue weighted by atomic mass is 32.1. The molecule has 2 amide bonds. The SMILES string of the molecule is CC1CN(c2nc3nc([C@H](Cc4cc(F)cc(F)c4)NC(=O)Cn4nc(C(F)(F)F)c5c4C(F)(F)[C@@H]4CC[C@H]54)c(-c4ccc(F)c(C(N)=O)c4)cc3s2)CC(C)N1C1COC1. The van der Waals surface area contributed by atoms with Gasteiger partial charge >= 0.3 is 6.18 Å². The number of anilines is 1. The molecule has 3 fully saturated rings. The van der Waals surface area contributed by atoms with Crippen LogP contribution in [0.1, 0.15) is 77.2 Å². The van der Waals surface area contributed by atoms with Crippen LogP contribution in [-0.4, -0.2) is 80.9 Å². The number of halogens is 8. The van der Waals surface area contributed by atoms with Gasteiger partial charge < -0.3 is 20.7 Å². The fourth-order valence-electron chi connectivity index (χ4n) is 9.50. The second-order valence-corrected chi connectivity index (χ2v) is 17.3. The van der Waals surface area contributed by atoms with Crippen molar-refractivity contribution in [1.82, 2.24) is 30.0 Å². The second-order valence-electron chi connectivity index (χ2n) is 16.3. The van der Waals surface area contributed by atoms with Crippen molar-refractivity contribution in [1.29, 1.82) is 0 Å². The molecule has 5 heterocycles. The summed E-state index contributed by atoms with van der Waals surface area (Å²) in [6.45, 7) is 5.70. The van der Waals surface area contributed by atoms with Crippen LogP contribution >= 0.6 is 11.3 Å². The average Bonchev–Trinajstić information content (AvgIpc) is 3.76. The number of benzene rings is 2. The van der Waals surface area contributed by atoms with Crippen LogP contribution in [0, 0.1) is 23.4 Å². The Morgan fingerprint density at radius 3 is 2.31 bits per heavy atom. The molecule has 5 atom stereocenters. The van der Waals surface area contributed by atoms with Crippen LogP contribution in [0.15, 0.2) is 42.5 Å². The molecule has 322 valence electrons. The lowest BCUT2D eigenvalue weighted by Crippen LogP contribution is -2.64. The van der Waals surface area contributed by atoms with E-state index >= 15 is 8.78 Å². The molecule has 4 aliphatic rings. The lowest BCUT2D eigenvalue weighted by atomic mass is 9.73. The molecule has 11 nitrogen and oxygen atoms in total. The standard InChI is InChI=1S/C41H38F8N8O3S/c1-18-13-55(14-19(2)57(18)24-16-60-17-24)39-53-38-31(61-39)12-26(21-3-6-29(44)27(10-21)37(50)59)34(52-38)30(9-20-7-22(42)11-23(43)8-20)51-32(58)15-56-36-33(35(54-56)41(47,48)49)25-4-5-28(25)40(36,45)46/h3,6-8,10-12,18-19,24-25,28,30H,4-5,9,13-17H2,1-2H3,(H2,50,59)(H,51,58)/t18?,19?,25-,28+,30-/m0/s1. The van der Waals surface area contributed by atoms with Crippen LogP contribution in [0.5, 0.6) is 0 Å². The Labute approximate surface area is 346 Å². The number of fused-ring (bicyclic) bond motifs is 4. The molecule has 0 radical (unpaired) electrons. The maximum atomic E-state index is 15.7. The summed E-state index contributed by atoms with van der Waals surface area (Å²) in [6, 6.07) is 7.06. The number of pyridine rings is 1. The van der Waals surface area contributed by atoms with E-state index in [9.17, 15) is 35.9 Å². The molecule has 3 N–H and O–H groups in total. The van der Waals surface area contributed by atoms with Gasteiger partial charge in [-0.05, 0) is 80.5 Å². The van der Waals surface area contributed by atoms with Gasteiger partial charge in [0.05, 0.1) is 41.3 Å². The highest BCUT2D eigenvalue weighted by Gasteiger charge is 2.63. The molecule has 9 rings (SSSR count). The number of piperazine rings is 1. The number of carbonyl (C=O) groups is 2. The molecule has 0 spiro atoms. The minimum absolute atomic E-state index is 0.00235. The molecule has 2 saturated heterocycles. The topological polar surface area (TPSA) is 132 Å². The minimum Gasteiger partial charge on any atom is -0.378 e. The van der Waals surface area contributed by atoms with Crippen molar-refractivity contribution in [2.24, 2.45) is 11.7 Å². The van der Waals surface area contributed by atoms with E-state index in [1.54, 1.807) is 6.07 Å². The number of ether oxygens (including phenoxy) is 1. The van der Waals surface area contributed by atoms with Crippen LogP contribution in [0.25, 0.3) is 21.5 Å². The van der Waals surface area contributed by atoms with E-state index in [0.717, 1.165) is 18.2 Å². The minimum atomic E-state index is -5.08. The van der Waals surface area contributed by atoms with E-state index in [-0.39, 0.29) is 59.4 Å². The van der Waals surface area contributed by atoms with Gasteiger partial charge in [0.25, 0.3) is 11.8 Å². The Morgan fingerprint density at radius 1 is 1.00 bits per heavy atom. The first-order valence-electron chi connectivity index (χ1n) is 19.7. The van der Waals surface area contributed by atoms with Gasteiger partial charge in [0.2, 0.25) is 5.91 Å². The molecular weight excluding hydrogens is 837 g/mol. The van der Waals surface area contributed by atoms with Crippen molar-refractivity contribution in [2.75, 3.05) is 31.2 Å². The van der Waals surface area contributed by atoms with Gasteiger partial charge in [-0.15, -0.1) is 0 Å². The number of amides is 2. The Hall–Kier alpha value is -5.21. The number of nitrogens with two attached hydrogens (primary N) is 1. The van der Waals surface area contributed by atoms with Crippen LogP contribution in [0.3, 0.4) is 0 Å². The number of hydrogen-bond donors (Lipinski definition) is 2. The smallest absolute Gasteiger partial charge is 0.378 e. The number of carbonyl (C=O) groups excluding carboxylic acids is 2. The normalized spacial score (nSPS) is 23.0. The summed E-state index contributed by atoms with van der Waals surface area (Å²) < 4.78 is 124. The maximum Gasteiger partial charge on any atom is 0.435 e. The monoisotopic (exact) mass is 874 g/mol. The zero-order valence-electron chi connectivity index (χ0n) is 32.6. The van der Waals surface area contributed by atoms with Gasteiger partial charge in [-0.1, -0.05) is 17.4 Å². The summed E-state index contributed by atoms with van der Waals surface area (Å²) in [7, 11) is 0. The molecule has 1 saturated carbocycles. The predicted molar refractivity (Wildman–Crippen MR) is 206 cm³/mol. The highest BCUT2D eigenvalue weighted by molar-refractivity contribution is 7.22. The lowest BCUT2D eigenvalue weighted by molar-refractivity contribution is -0.144. The molecule has 2 aliphatic heterocycles. The summed E-state index contributed by atoms with van der Waals surface area (Å²) in [6.07, 6.45) is -5.34. The molecule has 20 heteroatoms. The number of nitrogens with zero attached hydrogens (tertiary/aromatic N) is 6. The Morgan fingerprint density at radius 2 is 1.70 bits per heavy atom. The van der Waals surface area contributed by atoms with E-state index in [2.05, 4.69) is 34.1 Å². The largest absolute Gasteiger partial charge is 0.435 e. The molecular formula is C41H38F8N8O3S. The summed E-state index contributed by atoms with van der Waals surface area (Å²) in [5.41, 5.74) is 2.59. The van der Waals surface area contributed by atoms with Crippen molar-refractivity contribution in [3.8, 4) is 11.1 Å². The van der Waals surface area contributed by atoms with Gasteiger partial charge in [0, 0.05) is 48.3 Å². The number of alkyl halides is 5. The third kappa shape index (κ3) is 7.28. The van der Waals surface area contributed by atoms with Crippen LogP contribution in [0.2, 0.25) is 0 Å². The Kier molecular flexibility index (Phi) is 10.1. The zero-order chi connectivity index (χ0) is 43.3. The summed E-state index contributed by atoms with van der Waals surface area (Å²) >= 11 is 1.31. The third-order valence-electron chi connectivity index (χ3n) is 12.2. The van der Waals surface area contributed by atoms with E-state index < -0.39 is 88.3 Å². The quantitative estimate of drug-likeness (QED) is 0.142. The first-order chi connectivity index (χ1) is 28.9. The van der Waals surface area contributed by atoms with Gasteiger partial charge in [-0.25, -0.2) is 18.2 Å². The van der Waals surface area contributed by atoms with Gasteiger partial charge in [-0.3, -0.25) is 19.2 Å². The molecule has 2 aromatic carbocycles. The summed E-state index contributed by atoms with van der Waals surface area (Å²) in [4.78, 5) is 40.6. The van der Waals surface area contributed by atoms with E-state index in [0.29, 0.717) is 52.9 Å². The van der Waals surface area contributed by atoms with Crippen molar-refractivity contribution in [2.45, 2.75) is 81.8 Å². The lowest BCUT2D eigenvalue weighted by Gasteiger charge is -2.50. The molecule has 0 bridgehead atoms. The third-order valence-corrected chi connectivity index (χ3v) is 13.3. The fraction of sp³-hybridized carbons (Fsp3) is 0.439. The van der Waals surface area contributed by atoms with Crippen LogP contribution in [-0.2, 0) is 34.6 Å². The molecule has 3 aromatic heterocycles. The maximum absolute atomic E-state index is 15.7. The van der Waals surface area contributed by atoms with E-state index in [1.165, 1.54) is 23.5 Å². The molecule has 2 unspecified atom stereocenters. The average molecular weight is 875 g/mol. The highest BCUT2D eigenvalue weighted by Crippen LogP contribution is 2.64. The van der Waals surface area contributed by atoms with Crippen molar-refractivity contribution in [3.63, 3.8) is 0 Å². The van der Waals surface area contributed by atoms with Crippen molar-refractivity contribution >= 4 is 38.6 Å². The number of rotatable bonds is 10. The van der Waals surface area contributed by atoms with Gasteiger partial charge in [-0.2, -0.15) is 32.0 Å². The van der Waals surface area contributed by atoms with E-state index in [4.69, 9.17) is 20.4 Å². The van der Waals surface area contributed by atoms with Crippen molar-refractivity contribution < 1.29 is 49.4 Å². The zero-order valence-corrected chi connectivity index (χ0v) is 33.4. The number of hydrogen-bond acceptors (Lipinski definition) is 9. The van der Waals surface area contributed by atoms with Gasteiger partial charge in [0.1, 0.15) is 29.7 Å². The summed E-state index contributed by atoms with van der Waals surface area (Å²) in [5.74, 6) is -11.1. The second kappa shape index (κ2) is 15.0.